The number of hydrogen-bond acceptors (Lipinski definition) is 3. The molecular weight excluding hydrogens is 349 g/mol. The van der Waals surface area contributed by atoms with Crippen molar-refractivity contribution in [1.82, 2.24) is 4.90 Å². The van der Waals surface area contributed by atoms with E-state index in [1.54, 1.807) is 44.4 Å². The van der Waals surface area contributed by atoms with E-state index in [1.807, 2.05) is 18.2 Å². The van der Waals surface area contributed by atoms with Crippen LogP contribution in [-0.2, 0) is 6.42 Å². The summed E-state index contributed by atoms with van der Waals surface area (Å²) in [6.45, 7) is 0.549. The number of carbonyl (C=O) groups is 1. The summed E-state index contributed by atoms with van der Waals surface area (Å²) in [7, 11) is 4.94. The van der Waals surface area contributed by atoms with Crippen molar-refractivity contribution < 1.29 is 14.3 Å². The van der Waals surface area contributed by atoms with Crippen molar-refractivity contribution in [2.24, 2.45) is 0 Å². The molecule has 0 aliphatic carbocycles. The van der Waals surface area contributed by atoms with Gasteiger partial charge < -0.3 is 14.4 Å². The van der Waals surface area contributed by atoms with Gasteiger partial charge in [0.15, 0.2) is 11.5 Å². The van der Waals surface area contributed by atoms with Gasteiger partial charge in [-0.3, -0.25) is 4.79 Å². The Morgan fingerprint density at radius 3 is 2.38 bits per heavy atom. The van der Waals surface area contributed by atoms with Crippen LogP contribution in [0.2, 0.25) is 10.0 Å². The van der Waals surface area contributed by atoms with Crippen LogP contribution in [0.5, 0.6) is 11.5 Å². The van der Waals surface area contributed by atoms with Crippen LogP contribution in [0.25, 0.3) is 0 Å². The molecule has 128 valence electrons. The molecule has 2 aromatic rings. The summed E-state index contributed by atoms with van der Waals surface area (Å²) in [5.41, 5.74) is 1.49. The highest BCUT2D eigenvalue weighted by atomic mass is 35.5. The highest BCUT2D eigenvalue weighted by Crippen LogP contribution is 2.28. The summed E-state index contributed by atoms with van der Waals surface area (Å²) in [6.07, 6.45) is 0.688. The molecule has 0 aliphatic heterocycles. The first-order valence-electron chi connectivity index (χ1n) is 7.37. The Labute approximate surface area is 151 Å². The minimum Gasteiger partial charge on any atom is -0.493 e. The molecule has 0 aliphatic rings. The highest BCUT2D eigenvalue weighted by Gasteiger charge is 2.15. The monoisotopic (exact) mass is 367 g/mol. The molecule has 0 bridgehead atoms. The number of benzene rings is 2. The number of carbonyl (C=O) groups excluding carboxylic acids is 1. The van der Waals surface area contributed by atoms with E-state index < -0.39 is 0 Å². The lowest BCUT2D eigenvalue weighted by atomic mass is 10.1. The Bertz CT molecular complexity index is 734. The van der Waals surface area contributed by atoms with Crippen LogP contribution >= 0.6 is 23.2 Å². The smallest absolute Gasteiger partial charge is 0.255 e. The third-order valence-corrected chi connectivity index (χ3v) is 4.24. The molecule has 2 rings (SSSR count). The van der Waals surface area contributed by atoms with Gasteiger partial charge in [0, 0.05) is 18.6 Å². The minimum absolute atomic E-state index is 0.142. The zero-order chi connectivity index (χ0) is 17.7. The number of halogens is 2. The zero-order valence-corrected chi connectivity index (χ0v) is 15.3. The second-order valence-corrected chi connectivity index (χ2v) is 6.13. The summed E-state index contributed by atoms with van der Waals surface area (Å²) >= 11 is 12.0. The topological polar surface area (TPSA) is 38.8 Å². The zero-order valence-electron chi connectivity index (χ0n) is 13.8. The number of ether oxygens (including phenoxy) is 2. The second-order valence-electron chi connectivity index (χ2n) is 5.29. The Morgan fingerprint density at radius 2 is 1.75 bits per heavy atom. The molecule has 6 heteroatoms. The molecule has 0 N–H and O–H groups in total. The Balaban J connectivity index is 2.04. The van der Waals surface area contributed by atoms with Gasteiger partial charge in [0.2, 0.25) is 0 Å². The molecule has 0 unspecified atom stereocenters. The lowest BCUT2D eigenvalue weighted by Gasteiger charge is -2.18. The maximum atomic E-state index is 12.5. The Morgan fingerprint density at radius 1 is 1.04 bits per heavy atom. The summed E-state index contributed by atoms with van der Waals surface area (Å²) in [5, 5.41) is 0.856. The Kier molecular flexibility index (Phi) is 6.35. The number of methoxy groups -OCH3 is 2. The quantitative estimate of drug-likeness (QED) is 0.762. The van der Waals surface area contributed by atoms with Gasteiger partial charge in [0.1, 0.15) is 0 Å². The fourth-order valence-electron chi connectivity index (χ4n) is 2.30. The number of amides is 1. The predicted molar refractivity (Wildman–Crippen MR) is 96.7 cm³/mol. The van der Waals surface area contributed by atoms with Crippen molar-refractivity contribution in [3.8, 4) is 11.5 Å². The molecule has 24 heavy (non-hydrogen) atoms. The van der Waals surface area contributed by atoms with Gasteiger partial charge in [-0.1, -0.05) is 29.3 Å². The van der Waals surface area contributed by atoms with E-state index in [4.69, 9.17) is 32.7 Å². The second kappa shape index (κ2) is 8.27. The maximum absolute atomic E-state index is 12.5. The summed E-state index contributed by atoms with van der Waals surface area (Å²) in [4.78, 5) is 14.1. The van der Waals surface area contributed by atoms with Gasteiger partial charge >= 0.3 is 0 Å². The minimum atomic E-state index is -0.142. The van der Waals surface area contributed by atoms with E-state index in [-0.39, 0.29) is 5.91 Å². The molecule has 0 spiro atoms. The summed E-state index contributed by atoms with van der Waals surface area (Å²) in [5.74, 6) is 1.21. The van der Waals surface area contributed by atoms with E-state index in [9.17, 15) is 4.79 Å². The average Bonchev–Trinajstić information content (AvgIpc) is 2.58. The molecule has 1 amide bonds. The van der Waals surface area contributed by atoms with Gasteiger partial charge in [0.25, 0.3) is 5.91 Å². The van der Waals surface area contributed by atoms with E-state index in [2.05, 4.69) is 0 Å². The van der Waals surface area contributed by atoms with Crippen LogP contribution in [-0.4, -0.2) is 38.6 Å². The molecule has 0 fully saturated rings. The van der Waals surface area contributed by atoms with Gasteiger partial charge in [-0.25, -0.2) is 0 Å². The van der Waals surface area contributed by atoms with Crippen LogP contribution in [0.4, 0.5) is 0 Å². The molecule has 2 aromatic carbocycles. The van der Waals surface area contributed by atoms with Crippen molar-refractivity contribution in [1.29, 1.82) is 0 Å². The lowest BCUT2D eigenvalue weighted by Crippen LogP contribution is -2.29. The van der Waals surface area contributed by atoms with Crippen LogP contribution in [0.15, 0.2) is 36.4 Å². The standard InChI is InChI=1S/C18H19Cl2NO3/c1-21(18(22)14-6-5-13(19)11-15(14)20)9-8-12-4-7-16(23-2)17(10-12)24-3/h4-7,10-11H,8-9H2,1-3H3. The Hall–Kier alpha value is -1.91. The third kappa shape index (κ3) is 4.34. The fourth-order valence-corrected chi connectivity index (χ4v) is 2.79. The van der Waals surface area contributed by atoms with Crippen molar-refractivity contribution in [2.75, 3.05) is 27.8 Å². The fraction of sp³-hybridized carbons (Fsp3) is 0.278. The summed E-state index contributed by atoms with van der Waals surface area (Å²) in [6, 6.07) is 10.6. The van der Waals surface area contributed by atoms with E-state index >= 15 is 0 Å². The maximum Gasteiger partial charge on any atom is 0.255 e. The first-order valence-corrected chi connectivity index (χ1v) is 8.13. The molecular formula is C18H19Cl2NO3. The largest absolute Gasteiger partial charge is 0.493 e. The predicted octanol–water partition coefficient (Wildman–Crippen LogP) is 4.33. The molecule has 0 saturated carbocycles. The van der Waals surface area contributed by atoms with Gasteiger partial charge in [-0.15, -0.1) is 0 Å². The molecule has 0 aromatic heterocycles. The van der Waals surface area contributed by atoms with Crippen molar-refractivity contribution in [2.45, 2.75) is 6.42 Å². The van der Waals surface area contributed by atoms with Crippen LogP contribution < -0.4 is 9.47 Å². The lowest BCUT2D eigenvalue weighted by molar-refractivity contribution is 0.0797. The molecule has 0 heterocycles. The van der Waals surface area contributed by atoms with E-state index in [0.29, 0.717) is 40.1 Å². The number of hydrogen-bond donors (Lipinski definition) is 0. The molecule has 4 nitrogen and oxygen atoms in total. The van der Waals surface area contributed by atoms with E-state index in [0.717, 1.165) is 5.56 Å². The number of nitrogens with zero attached hydrogens (tertiary/aromatic N) is 1. The van der Waals surface area contributed by atoms with Crippen molar-refractivity contribution >= 4 is 29.1 Å². The first-order chi connectivity index (χ1) is 11.5. The van der Waals surface area contributed by atoms with Crippen LogP contribution in [0, 0.1) is 0 Å². The summed E-state index contributed by atoms with van der Waals surface area (Å²) < 4.78 is 10.5. The SMILES string of the molecule is COc1ccc(CCN(C)C(=O)c2ccc(Cl)cc2Cl)cc1OC. The van der Waals surface area contributed by atoms with Crippen molar-refractivity contribution in [3.05, 3.63) is 57.6 Å². The first kappa shape index (κ1) is 18.4. The highest BCUT2D eigenvalue weighted by molar-refractivity contribution is 6.36. The van der Waals surface area contributed by atoms with Crippen LogP contribution in [0.1, 0.15) is 15.9 Å². The molecule has 0 atom stereocenters. The average molecular weight is 368 g/mol. The van der Waals surface area contributed by atoms with Gasteiger partial charge in [-0.05, 0) is 42.3 Å². The van der Waals surface area contributed by atoms with Gasteiger partial charge in [-0.2, -0.15) is 0 Å². The molecule has 0 radical (unpaired) electrons. The van der Waals surface area contributed by atoms with Gasteiger partial charge in [0.05, 0.1) is 24.8 Å². The molecule has 0 saturated heterocycles. The number of likely N-dealkylation sites (N-methyl/N-ethyl adjacent to an activating group) is 1. The van der Waals surface area contributed by atoms with E-state index in [1.165, 1.54) is 0 Å². The number of rotatable bonds is 6. The van der Waals surface area contributed by atoms with Crippen molar-refractivity contribution in [3.63, 3.8) is 0 Å². The van der Waals surface area contributed by atoms with Crippen LogP contribution in [0.3, 0.4) is 0 Å². The third-order valence-electron chi connectivity index (χ3n) is 3.69. The normalized spacial score (nSPS) is 10.4.